The molecule has 0 heterocycles. The highest BCUT2D eigenvalue weighted by atomic mass is 16.6. The third-order valence-electron chi connectivity index (χ3n) is 3.91. The molecule has 0 aliphatic carbocycles. The summed E-state index contributed by atoms with van der Waals surface area (Å²) in [5.74, 6) is -3.78. The van der Waals surface area contributed by atoms with Crippen LogP contribution < -0.4 is 0 Å². The zero-order valence-electron chi connectivity index (χ0n) is 16.5. The van der Waals surface area contributed by atoms with E-state index in [9.17, 15) is 19.2 Å². The first-order valence-electron chi connectivity index (χ1n) is 9.37. The second kappa shape index (κ2) is 12.0. The van der Waals surface area contributed by atoms with Gasteiger partial charge in [0.2, 0.25) is 0 Å². The molecule has 0 aliphatic heterocycles. The van der Waals surface area contributed by atoms with E-state index in [1.165, 1.54) is 0 Å². The fraction of sp³-hybridized carbons (Fsp3) is 0.217. The molecule has 0 bridgehead atoms. The lowest BCUT2D eigenvalue weighted by molar-refractivity contribution is -0.161. The van der Waals surface area contributed by atoms with Crippen molar-refractivity contribution in [1.82, 2.24) is 0 Å². The van der Waals surface area contributed by atoms with E-state index < -0.39 is 29.8 Å². The van der Waals surface area contributed by atoms with Crippen molar-refractivity contribution >= 4 is 23.9 Å². The fourth-order valence-corrected chi connectivity index (χ4v) is 2.59. The second-order valence-electron chi connectivity index (χ2n) is 6.05. The average molecular weight is 410 g/mol. The fourth-order valence-electron chi connectivity index (χ4n) is 2.59. The van der Waals surface area contributed by atoms with Gasteiger partial charge >= 0.3 is 23.9 Å². The van der Waals surface area contributed by atoms with Gasteiger partial charge < -0.3 is 14.2 Å². The minimum atomic E-state index is -0.820. The lowest BCUT2D eigenvalue weighted by Crippen LogP contribution is -2.22. The Morgan fingerprint density at radius 3 is 1.80 bits per heavy atom. The van der Waals surface area contributed by atoms with Crippen LogP contribution in [0.4, 0.5) is 0 Å². The number of rotatable bonds is 9. The summed E-state index contributed by atoms with van der Waals surface area (Å²) in [5.41, 5.74) is 1.38. The number of esters is 4. The van der Waals surface area contributed by atoms with Crippen LogP contribution in [0.1, 0.15) is 30.4 Å². The highest BCUT2D eigenvalue weighted by Crippen LogP contribution is 2.26. The Balaban J connectivity index is 1.91. The number of hydrogen-bond donors (Lipinski definition) is 0. The maximum Gasteiger partial charge on any atom is 0.331 e. The van der Waals surface area contributed by atoms with Crippen molar-refractivity contribution < 1.29 is 33.4 Å². The Labute approximate surface area is 174 Å². The monoisotopic (exact) mass is 410 g/mol. The Hall–Kier alpha value is -3.74. The summed E-state index contributed by atoms with van der Waals surface area (Å²) < 4.78 is 14.4. The van der Waals surface area contributed by atoms with E-state index >= 15 is 0 Å². The first-order chi connectivity index (χ1) is 14.5. The van der Waals surface area contributed by atoms with Crippen LogP contribution in [0.3, 0.4) is 0 Å². The van der Waals surface area contributed by atoms with Gasteiger partial charge in [-0.2, -0.15) is 0 Å². The van der Waals surface area contributed by atoms with Crippen molar-refractivity contribution in [3.05, 3.63) is 83.9 Å². The Morgan fingerprint density at radius 2 is 1.30 bits per heavy atom. The summed E-state index contributed by atoms with van der Waals surface area (Å²) in [4.78, 5) is 47.3. The van der Waals surface area contributed by atoms with Crippen LogP contribution in [-0.4, -0.2) is 37.1 Å². The Kier molecular flexibility index (Phi) is 8.99. The summed E-state index contributed by atoms with van der Waals surface area (Å²) in [5, 5.41) is 0. The van der Waals surface area contributed by atoms with Crippen LogP contribution in [0, 0.1) is 0 Å². The summed E-state index contributed by atoms with van der Waals surface area (Å²) in [6.07, 6.45) is 1.52. The van der Waals surface area contributed by atoms with Crippen molar-refractivity contribution in [2.24, 2.45) is 0 Å². The van der Waals surface area contributed by atoms with Crippen molar-refractivity contribution in [1.29, 1.82) is 0 Å². The van der Waals surface area contributed by atoms with Crippen LogP contribution in [-0.2, 0) is 33.4 Å². The minimum Gasteiger partial charge on any atom is -0.463 e. The van der Waals surface area contributed by atoms with E-state index in [0.717, 1.165) is 12.2 Å². The first-order valence-corrected chi connectivity index (χ1v) is 9.37. The van der Waals surface area contributed by atoms with Gasteiger partial charge in [-0.25, -0.2) is 9.59 Å². The maximum absolute atomic E-state index is 12.7. The summed E-state index contributed by atoms with van der Waals surface area (Å²) >= 11 is 0. The van der Waals surface area contributed by atoms with Crippen LogP contribution in [0.2, 0.25) is 0 Å². The van der Waals surface area contributed by atoms with Crippen molar-refractivity contribution in [3.63, 3.8) is 0 Å². The molecule has 0 saturated carbocycles. The average Bonchev–Trinajstić information content (AvgIpc) is 2.74. The maximum atomic E-state index is 12.7. The predicted octanol–water partition coefficient (Wildman–Crippen LogP) is 2.94. The van der Waals surface area contributed by atoms with E-state index in [-0.39, 0.29) is 19.6 Å². The summed E-state index contributed by atoms with van der Waals surface area (Å²) in [7, 11) is 0. The zero-order chi connectivity index (χ0) is 21.8. The molecule has 0 spiro atoms. The SMILES string of the molecule is CCOC(=O)/C=C\C(=O)OCCC(=O)OC(=O)C(c1ccccc1)c1ccccc1. The second-order valence-corrected chi connectivity index (χ2v) is 6.05. The van der Waals surface area contributed by atoms with E-state index in [0.29, 0.717) is 11.1 Å². The normalized spacial score (nSPS) is 10.6. The van der Waals surface area contributed by atoms with Gasteiger partial charge in [-0.05, 0) is 18.1 Å². The third kappa shape index (κ3) is 7.35. The molecule has 0 N–H and O–H groups in total. The van der Waals surface area contributed by atoms with Crippen LogP contribution in [0.5, 0.6) is 0 Å². The number of carbonyl (C=O) groups is 4. The van der Waals surface area contributed by atoms with Gasteiger partial charge in [0.15, 0.2) is 0 Å². The topological polar surface area (TPSA) is 96.0 Å². The van der Waals surface area contributed by atoms with Gasteiger partial charge in [0.05, 0.1) is 13.0 Å². The smallest absolute Gasteiger partial charge is 0.331 e. The molecule has 0 fully saturated rings. The highest BCUT2D eigenvalue weighted by molar-refractivity contribution is 5.92. The molecule has 0 atom stereocenters. The number of benzene rings is 2. The van der Waals surface area contributed by atoms with E-state index in [4.69, 9.17) is 9.47 Å². The van der Waals surface area contributed by atoms with Crippen LogP contribution in [0.25, 0.3) is 0 Å². The van der Waals surface area contributed by atoms with E-state index in [1.807, 2.05) is 12.1 Å². The molecule has 0 radical (unpaired) electrons. The molecule has 2 rings (SSSR count). The van der Waals surface area contributed by atoms with Gasteiger partial charge in [0.25, 0.3) is 0 Å². The van der Waals surface area contributed by atoms with Gasteiger partial charge in [-0.3, -0.25) is 9.59 Å². The zero-order valence-corrected chi connectivity index (χ0v) is 16.5. The van der Waals surface area contributed by atoms with E-state index in [2.05, 4.69) is 4.74 Å². The molecular formula is C23H22O7. The van der Waals surface area contributed by atoms with Gasteiger partial charge in [0.1, 0.15) is 12.5 Å². The van der Waals surface area contributed by atoms with Crippen molar-refractivity contribution in [3.8, 4) is 0 Å². The Morgan fingerprint density at radius 1 is 0.800 bits per heavy atom. The largest absolute Gasteiger partial charge is 0.463 e. The minimum absolute atomic E-state index is 0.186. The number of hydrogen-bond acceptors (Lipinski definition) is 7. The van der Waals surface area contributed by atoms with Gasteiger partial charge in [-0.15, -0.1) is 0 Å². The molecule has 156 valence electrons. The van der Waals surface area contributed by atoms with Crippen molar-refractivity contribution in [2.45, 2.75) is 19.3 Å². The van der Waals surface area contributed by atoms with Gasteiger partial charge in [-0.1, -0.05) is 60.7 Å². The molecule has 2 aromatic rings. The summed E-state index contributed by atoms with van der Waals surface area (Å²) in [6, 6.07) is 17.9. The quantitative estimate of drug-likeness (QED) is 0.271. The molecule has 30 heavy (non-hydrogen) atoms. The lowest BCUT2D eigenvalue weighted by Gasteiger charge is -2.16. The lowest BCUT2D eigenvalue weighted by atomic mass is 9.91. The molecule has 2 aromatic carbocycles. The third-order valence-corrected chi connectivity index (χ3v) is 3.91. The first kappa shape index (κ1) is 22.5. The molecule has 0 unspecified atom stereocenters. The Bertz CT molecular complexity index is 849. The molecule has 0 saturated heterocycles. The molecule has 7 heteroatoms. The van der Waals surface area contributed by atoms with Crippen molar-refractivity contribution in [2.75, 3.05) is 13.2 Å². The molecule has 0 amide bonds. The molecule has 7 nitrogen and oxygen atoms in total. The van der Waals surface area contributed by atoms with E-state index in [1.54, 1.807) is 55.5 Å². The van der Waals surface area contributed by atoms with Crippen LogP contribution >= 0.6 is 0 Å². The number of ether oxygens (including phenoxy) is 3. The predicted molar refractivity (Wildman–Crippen MR) is 107 cm³/mol. The standard InChI is InChI=1S/C23H22O7/c1-2-28-19(24)13-14-20(25)29-16-15-21(26)30-23(27)22(17-9-5-3-6-10-17)18-11-7-4-8-12-18/h3-14,22H,2,15-16H2,1H3/b14-13-. The number of carbonyl (C=O) groups excluding carboxylic acids is 4. The molecule has 0 aliphatic rings. The molecule has 0 aromatic heterocycles. The summed E-state index contributed by atoms with van der Waals surface area (Å²) in [6.45, 7) is 1.53. The molecular weight excluding hydrogens is 388 g/mol. The highest BCUT2D eigenvalue weighted by Gasteiger charge is 2.26. The van der Waals surface area contributed by atoms with Gasteiger partial charge in [0, 0.05) is 12.2 Å². The van der Waals surface area contributed by atoms with Crippen LogP contribution in [0.15, 0.2) is 72.8 Å².